The summed E-state index contributed by atoms with van der Waals surface area (Å²) in [5, 5.41) is 3.76. The molecule has 0 radical (unpaired) electrons. The van der Waals surface area contributed by atoms with Crippen LogP contribution in [0.15, 0.2) is 27.2 Å². The van der Waals surface area contributed by atoms with Crippen LogP contribution in [0, 0.1) is 6.92 Å². The SMILES string of the molecule is CCCC(Cl)c1noc(-c2ccc(Br)c(C)c2)n1. The van der Waals surface area contributed by atoms with Crippen molar-refractivity contribution in [1.82, 2.24) is 10.1 Å². The maximum Gasteiger partial charge on any atom is 0.257 e. The Balaban J connectivity index is 2.26. The van der Waals surface area contributed by atoms with Gasteiger partial charge in [-0.2, -0.15) is 4.98 Å². The van der Waals surface area contributed by atoms with Gasteiger partial charge in [0.2, 0.25) is 0 Å². The predicted molar refractivity (Wildman–Crippen MR) is 75.7 cm³/mol. The summed E-state index contributed by atoms with van der Waals surface area (Å²) >= 11 is 9.63. The summed E-state index contributed by atoms with van der Waals surface area (Å²) in [5.74, 6) is 1.08. The van der Waals surface area contributed by atoms with Crippen molar-refractivity contribution >= 4 is 27.5 Å². The third-order valence-corrected chi connectivity index (χ3v) is 3.97. The second kappa shape index (κ2) is 5.85. The topological polar surface area (TPSA) is 38.9 Å². The minimum Gasteiger partial charge on any atom is -0.334 e. The van der Waals surface area contributed by atoms with Gasteiger partial charge in [-0.3, -0.25) is 0 Å². The molecule has 96 valence electrons. The van der Waals surface area contributed by atoms with Crippen LogP contribution < -0.4 is 0 Å². The summed E-state index contributed by atoms with van der Waals surface area (Å²) in [6.07, 6.45) is 1.84. The van der Waals surface area contributed by atoms with Crippen LogP contribution in [0.1, 0.15) is 36.5 Å². The molecule has 1 heterocycles. The fourth-order valence-corrected chi connectivity index (χ4v) is 2.19. The van der Waals surface area contributed by atoms with E-state index in [0.717, 1.165) is 28.4 Å². The van der Waals surface area contributed by atoms with Gasteiger partial charge in [0.1, 0.15) is 0 Å². The van der Waals surface area contributed by atoms with Gasteiger partial charge in [-0.1, -0.05) is 34.4 Å². The van der Waals surface area contributed by atoms with Crippen LogP contribution in [0.25, 0.3) is 11.5 Å². The first-order valence-electron chi connectivity index (χ1n) is 5.86. The minimum atomic E-state index is -0.177. The Kier molecular flexibility index (Phi) is 4.40. The van der Waals surface area contributed by atoms with Crippen molar-refractivity contribution in [1.29, 1.82) is 0 Å². The third-order valence-electron chi connectivity index (χ3n) is 2.67. The van der Waals surface area contributed by atoms with E-state index in [1.165, 1.54) is 0 Å². The number of alkyl halides is 1. The zero-order valence-electron chi connectivity index (χ0n) is 10.3. The molecule has 1 aromatic carbocycles. The largest absolute Gasteiger partial charge is 0.334 e. The van der Waals surface area contributed by atoms with E-state index in [9.17, 15) is 0 Å². The molecule has 0 saturated carbocycles. The fraction of sp³-hybridized carbons (Fsp3) is 0.385. The standard InChI is InChI=1S/C13H14BrClN2O/c1-3-4-11(15)12-16-13(18-17-12)9-5-6-10(14)8(2)7-9/h5-7,11H,3-4H2,1-2H3. The normalized spacial score (nSPS) is 12.7. The molecule has 0 amide bonds. The molecule has 0 aliphatic rings. The van der Waals surface area contributed by atoms with Gasteiger partial charge in [-0.15, -0.1) is 11.6 Å². The third kappa shape index (κ3) is 2.93. The van der Waals surface area contributed by atoms with Gasteiger partial charge in [0.25, 0.3) is 5.89 Å². The van der Waals surface area contributed by atoms with Gasteiger partial charge in [0.05, 0.1) is 5.38 Å². The van der Waals surface area contributed by atoms with E-state index >= 15 is 0 Å². The predicted octanol–water partition coefficient (Wildman–Crippen LogP) is 4.89. The lowest BCUT2D eigenvalue weighted by molar-refractivity contribution is 0.420. The number of aromatic nitrogens is 2. The number of rotatable bonds is 4. The molecule has 5 heteroatoms. The summed E-state index contributed by atoms with van der Waals surface area (Å²) in [4.78, 5) is 4.34. The monoisotopic (exact) mass is 328 g/mol. The van der Waals surface area contributed by atoms with Crippen molar-refractivity contribution in [3.8, 4) is 11.5 Å². The molecular weight excluding hydrogens is 316 g/mol. The van der Waals surface area contributed by atoms with E-state index in [2.05, 4.69) is 33.0 Å². The summed E-state index contributed by atoms with van der Waals surface area (Å²) < 4.78 is 6.31. The molecular formula is C13H14BrClN2O. The zero-order valence-corrected chi connectivity index (χ0v) is 12.6. The van der Waals surface area contributed by atoms with E-state index in [4.69, 9.17) is 16.1 Å². The molecule has 0 aliphatic heterocycles. The molecule has 2 aromatic rings. The van der Waals surface area contributed by atoms with Crippen molar-refractivity contribution < 1.29 is 4.52 Å². The Labute approximate surface area is 120 Å². The van der Waals surface area contributed by atoms with Crippen LogP contribution in [-0.2, 0) is 0 Å². The van der Waals surface area contributed by atoms with Crippen LogP contribution in [-0.4, -0.2) is 10.1 Å². The molecule has 0 fully saturated rings. The van der Waals surface area contributed by atoms with Crippen LogP contribution in [0.2, 0.25) is 0 Å². The van der Waals surface area contributed by atoms with Crippen molar-refractivity contribution in [2.45, 2.75) is 32.1 Å². The zero-order chi connectivity index (χ0) is 13.1. The molecule has 1 atom stereocenters. The van der Waals surface area contributed by atoms with Gasteiger partial charge in [-0.05, 0) is 37.1 Å². The van der Waals surface area contributed by atoms with Crippen molar-refractivity contribution in [3.63, 3.8) is 0 Å². The average Bonchev–Trinajstić information content (AvgIpc) is 2.82. The van der Waals surface area contributed by atoms with E-state index in [1.54, 1.807) is 0 Å². The molecule has 1 aromatic heterocycles. The lowest BCUT2D eigenvalue weighted by Gasteiger charge is -2.00. The molecule has 0 saturated heterocycles. The average molecular weight is 330 g/mol. The van der Waals surface area contributed by atoms with Crippen molar-refractivity contribution in [2.75, 3.05) is 0 Å². The van der Waals surface area contributed by atoms with E-state index in [1.807, 2.05) is 25.1 Å². The summed E-state index contributed by atoms with van der Waals surface area (Å²) in [6, 6.07) is 5.92. The van der Waals surface area contributed by atoms with E-state index in [-0.39, 0.29) is 5.38 Å². The Morgan fingerprint density at radius 1 is 1.44 bits per heavy atom. The number of hydrogen-bond acceptors (Lipinski definition) is 3. The highest BCUT2D eigenvalue weighted by Crippen LogP contribution is 2.27. The van der Waals surface area contributed by atoms with Crippen LogP contribution in [0.4, 0.5) is 0 Å². The van der Waals surface area contributed by atoms with Gasteiger partial charge in [-0.25, -0.2) is 0 Å². The van der Waals surface area contributed by atoms with Gasteiger partial charge in [0.15, 0.2) is 5.82 Å². The molecule has 0 aliphatic carbocycles. The number of aryl methyl sites for hydroxylation is 1. The summed E-state index contributed by atoms with van der Waals surface area (Å²) in [5.41, 5.74) is 2.04. The molecule has 1 unspecified atom stereocenters. The van der Waals surface area contributed by atoms with Crippen molar-refractivity contribution in [3.05, 3.63) is 34.1 Å². The maximum absolute atomic E-state index is 6.17. The lowest BCUT2D eigenvalue weighted by atomic mass is 10.1. The lowest BCUT2D eigenvalue weighted by Crippen LogP contribution is -1.92. The van der Waals surface area contributed by atoms with Crippen LogP contribution >= 0.6 is 27.5 Å². The van der Waals surface area contributed by atoms with E-state index < -0.39 is 0 Å². The minimum absolute atomic E-state index is 0.177. The Morgan fingerprint density at radius 2 is 2.22 bits per heavy atom. The molecule has 0 N–H and O–H groups in total. The highest BCUT2D eigenvalue weighted by molar-refractivity contribution is 9.10. The second-order valence-electron chi connectivity index (χ2n) is 4.18. The smallest absolute Gasteiger partial charge is 0.257 e. The van der Waals surface area contributed by atoms with Crippen LogP contribution in [0.5, 0.6) is 0 Å². The summed E-state index contributed by atoms with van der Waals surface area (Å²) in [6.45, 7) is 4.10. The van der Waals surface area contributed by atoms with E-state index in [0.29, 0.717) is 11.7 Å². The first-order chi connectivity index (χ1) is 8.61. The van der Waals surface area contributed by atoms with Gasteiger partial charge < -0.3 is 4.52 Å². The quantitative estimate of drug-likeness (QED) is 0.750. The van der Waals surface area contributed by atoms with Gasteiger partial charge in [0, 0.05) is 10.0 Å². The number of halogens is 2. The second-order valence-corrected chi connectivity index (χ2v) is 5.56. The molecule has 18 heavy (non-hydrogen) atoms. The number of hydrogen-bond donors (Lipinski definition) is 0. The number of nitrogens with zero attached hydrogens (tertiary/aromatic N) is 2. The molecule has 3 nitrogen and oxygen atoms in total. The van der Waals surface area contributed by atoms with Crippen molar-refractivity contribution in [2.24, 2.45) is 0 Å². The summed E-state index contributed by atoms with van der Waals surface area (Å²) in [7, 11) is 0. The first kappa shape index (κ1) is 13.6. The Bertz CT molecular complexity index is 542. The molecule has 0 bridgehead atoms. The maximum atomic E-state index is 6.17. The first-order valence-corrected chi connectivity index (χ1v) is 7.09. The Hall–Kier alpha value is -0.870. The highest BCUT2D eigenvalue weighted by Gasteiger charge is 2.16. The molecule has 2 rings (SSSR count). The Morgan fingerprint density at radius 3 is 2.89 bits per heavy atom. The van der Waals surface area contributed by atoms with Gasteiger partial charge >= 0.3 is 0 Å². The number of benzene rings is 1. The molecule has 0 spiro atoms. The fourth-order valence-electron chi connectivity index (χ4n) is 1.64. The van der Waals surface area contributed by atoms with Crippen LogP contribution in [0.3, 0.4) is 0 Å². The highest BCUT2D eigenvalue weighted by atomic mass is 79.9.